The Labute approximate surface area is 170 Å². The predicted molar refractivity (Wildman–Crippen MR) is 107 cm³/mol. The molecule has 30 heavy (non-hydrogen) atoms. The fourth-order valence-electron chi connectivity index (χ4n) is 2.70. The van der Waals surface area contributed by atoms with Crippen LogP contribution in [0.25, 0.3) is 22.7 Å². The second-order valence-electron chi connectivity index (χ2n) is 6.41. The lowest BCUT2D eigenvalue weighted by molar-refractivity contribution is 0.0997. The minimum absolute atomic E-state index is 0.0674. The SMILES string of the molecule is Cn1cc(NC(=O)c2ccc(-c3cnn(OP(C)(=O)O)c3)o2)c(-c2ccccn2)n1. The van der Waals surface area contributed by atoms with E-state index in [-0.39, 0.29) is 5.76 Å². The molecule has 0 radical (unpaired) electrons. The van der Waals surface area contributed by atoms with Crippen molar-refractivity contribution < 1.29 is 23.3 Å². The molecule has 0 aliphatic carbocycles. The Kier molecular flexibility index (Phi) is 4.98. The Balaban J connectivity index is 1.53. The summed E-state index contributed by atoms with van der Waals surface area (Å²) in [6, 6.07) is 8.52. The molecule has 4 heterocycles. The van der Waals surface area contributed by atoms with Gasteiger partial charge in [-0.05, 0) is 24.3 Å². The number of carbonyl (C=O) groups is 1. The molecule has 1 amide bonds. The van der Waals surface area contributed by atoms with Gasteiger partial charge in [-0.1, -0.05) is 10.9 Å². The van der Waals surface area contributed by atoms with Gasteiger partial charge in [-0.25, -0.2) is 4.57 Å². The molecule has 1 atom stereocenters. The maximum absolute atomic E-state index is 12.7. The number of nitrogens with zero attached hydrogens (tertiary/aromatic N) is 5. The molecule has 4 aromatic rings. The summed E-state index contributed by atoms with van der Waals surface area (Å²) >= 11 is 0. The summed E-state index contributed by atoms with van der Waals surface area (Å²) in [4.78, 5) is 27.1. The van der Waals surface area contributed by atoms with Gasteiger partial charge in [0, 0.05) is 19.4 Å². The molecule has 2 N–H and O–H groups in total. The van der Waals surface area contributed by atoms with E-state index < -0.39 is 13.5 Å². The van der Waals surface area contributed by atoms with Crippen molar-refractivity contribution in [3.63, 3.8) is 0 Å². The van der Waals surface area contributed by atoms with Crippen molar-refractivity contribution in [3.05, 3.63) is 60.9 Å². The zero-order valence-electron chi connectivity index (χ0n) is 16.0. The average Bonchev–Trinajstić information content (AvgIpc) is 3.41. The van der Waals surface area contributed by atoms with Crippen LogP contribution in [-0.2, 0) is 11.6 Å². The van der Waals surface area contributed by atoms with Crippen molar-refractivity contribution in [2.75, 3.05) is 12.0 Å². The Morgan fingerprint density at radius 2 is 2.10 bits per heavy atom. The Morgan fingerprint density at radius 3 is 2.83 bits per heavy atom. The summed E-state index contributed by atoms with van der Waals surface area (Å²) in [5.41, 5.74) is 2.11. The number of aryl methyl sites for hydroxylation is 1. The van der Waals surface area contributed by atoms with Crippen LogP contribution in [0.2, 0.25) is 0 Å². The summed E-state index contributed by atoms with van der Waals surface area (Å²) in [6.45, 7) is 1.04. The highest BCUT2D eigenvalue weighted by Crippen LogP contribution is 2.32. The molecule has 4 rings (SSSR count). The van der Waals surface area contributed by atoms with Gasteiger partial charge in [0.2, 0.25) is 0 Å². The molecule has 0 fully saturated rings. The number of rotatable bonds is 6. The minimum Gasteiger partial charge on any atom is -0.451 e. The van der Waals surface area contributed by atoms with Gasteiger partial charge in [-0.3, -0.25) is 14.5 Å². The van der Waals surface area contributed by atoms with Crippen molar-refractivity contribution in [2.45, 2.75) is 0 Å². The summed E-state index contributed by atoms with van der Waals surface area (Å²) in [5, 5.41) is 11.0. The van der Waals surface area contributed by atoms with Crippen LogP contribution in [0, 0.1) is 0 Å². The number of anilines is 1. The van der Waals surface area contributed by atoms with Crippen LogP contribution in [0.5, 0.6) is 0 Å². The molecule has 154 valence electrons. The zero-order valence-corrected chi connectivity index (χ0v) is 16.9. The molecular weight excluding hydrogens is 411 g/mol. The predicted octanol–water partition coefficient (Wildman–Crippen LogP) is 2.43. The Morgan fingerprint density at radius 1 is 1.27 bits per heavy atom. The number of amides is 1. The van der Waals surface area contributed by atoms with Crippen LogP contribution in [-0.4, -0.2) is 42.2 Å². The third-order valence-electron chi connectivity index (χ3n) is 3.89. The molecule has 0 saturated heterocycles. The molecule has 0 aromatic carbocycles. The van der Waals surface area contributed by atoms with Gasteiger partial charge >= 0.3 is 7.60 Å². The lowest BCUT2D eigenvalue weighted by atomic mass is 10.2. The van der Waals surface area contributed by atoms with E-state index in [4.69, 9.17) is 9.04 Å². The highest BCUT2D eigenvalue weighted by atomic mass is 31.2. The van der Waals surface area contributed by atoms with E-state index in [1.165, 1.54) is 18.5 Å². The number of nitrogens with one attached hydrogen (secondary N) is 1. The van der Waals surface area contributed by atoms with Gasteiger partial charge in [0.25, 0.3) is 5.91 Å². The van der Waals surface area contributed by atoms with Gasteiger partial charge < -0.3 is 19.3 Å². The Hall–Kier alpha value is -3.69. The highest BCUT2D eigenvalue weighted by Gasteiger charge is 2.19. The van der Waals surface area contributed by atoms with Crippen LogP contribution >= 0.6 is 7.60 Å². The van der Waals surface area contributed by atoms with E-state index in [0.29, 0.717) is 28.4 Å². The molecule has 0 saturated carbocycles. The van der Waals surface area contributed by atoms with E-state index in [1.54, 1.807) is 42.3 Å². The number of hydrogen-bond acceptors (Lipinski definition) is 7. The monoisotopic (exact) mass is 428 g/mol. The molecular formula is C18H17N6O5P. The number of pyridine rings is 1. The van der Waals surface area contributed by atoms with Crippen molar-refractivity contribution in [2.24, 2.45) is 7.05 Å². The topological polar surface area (TPSA) is 137 Å². The average molecular weight is 428 g/mol. The molecule has 1 unspecified atom stereocenters. The molecule has 0 bridgehead atoms. The smallest absolute Gasteiger partial charge is 0.394 e. The van der Waals surface area contributed by atoms with Gasteiger partial charge in [-0.2, -0.15) is 5.10 Å². The van der Waals surface area contributed by atoms with Crippen LogP contribution in [0.3, 0.4) is 0 Å². The number of aromatic nitrogens is 5. The summed E-state index contributed by atoms with van der Waals surface area (Å²) in [7, 11) is -2.01. The van der Waals surface area contributed by atoms with Crippen molar-refractivity contribution in [3.8, 4) is 22.7 Å². The van der Waals surface area contributed by atoms with Crippen molar-refractivity contribution >= 4 is 19.2 Å². The zero-order chi connectivity index (χ0) is 21.3. The van der Waals surface area contributed by atoms with Crippen LogP contribution in [0.15, 0.2) is 59.5 Å². The third-order valence-corrected chi connectivity index (χ3v) is 4.36. The Bertz CT molecular complexity index is 1240. The molecule has 0 spiro atoms. The molecule has 0 aliphatic rings. The van der Waals surface area contributed by atoms with Gasteiger partial charge in [0.1, 0.15) is 11.5 Å². The first-order valence-electron chi connectivity index (χ1n) is 8.70. The lowest BCUT2D eigenvalue weighted by Gasteiger charge is -2.05. The van der Waals surface area contributed by atoms with Gasteiger partial charge in [0.05, 0.1) is 36.0 Å². The molecule has 12 heteroatoms. The molecule has 11 nitrogen and oxygen atoms in total. The first kappa shape index (κ1) is 19.6. The third kappa shape index (κ3) is 4.32. The normalized spacial score (nSPS) is 13.0. The second kappa shape index (κ2) is 7.62. The van der Waals surface area contributed by atoms with Gasteiger partial charge in [0.15, 0.2) is 5.76 Å². The summed E-state index contributed by atoms with van der Waals surface area (Å²) in [6.07, 6.45) is 6.07. The van der Waals surface area contributed by atoms with E-state index >= 15 is 0 Å². The maximum Gasteiger partial charge on any atom is 0.394 e. The highest BCUT2D eigenvalue weighted by molar-refractivity contribution is 7.52. The lowest BCUT2D eigenvalue weighted by Crippen LogP contribution is -2.11. The van der Waals surface area contributed by atoms with Crippen molar-refractivity contribution in [1.82, 2.24) is 24.7 Å². The number of carbonyl (C=O) groups excluding carboxylic acids is 1. The van der Waals surface area contributed by atoms with Crippen molar-refractivity contribution in [1.29, 1.82) is 0 Å². The standard InChI is InChI=1S/C18H17N6O5P/c1-23-11-14(17(22-23)13-5-3-4-8-19-13)21-18(25)16-7-6-15(28-16)12-9-20-24(10-12)29-30(2,26)27/h3-11H,1-2H3,(H,21,25)(H,26,27). The van der Waals surface area contributed by atoms with E-state index in [1.807, 2.05) is 6.07 Å². The van der Waals surface area contributed by atoms with E-state index in [0.717, 1.165) is 11.5 Å². The van der Waals surface area contributed by atoms with Gasteiger partial charge in [-0.15, -0.1) is 5.10 Å². The van der Waals surface area contributed by atoms with E-state index in [9.17, 15) is 14.3 Å². The van der Waals surface area contributed by atoms with E-state index in [2.05, 4.69) is 20.5 Å². The first-order valence-corrected chi connectivity index (χ1v) is 10.7. The quantitative estimate of drug-likeness (QED) is 0.447. The molecule has 0 aliphatic heterocycles. The van der Waals surface area contributed by atoms with Crippen LogP contribution < -0.4 is 9.94 Å². The van der Waals surface area contributed by atoms with Crippen LogP contribution in [0.4, 0.5) is 5.69 Å². The minimum atomic E-state index is -3.75. The van der Waals surface area contributed by atoms with Crippen LogP contribution in [0.1, 0.15) is 10.6 Å². The fraction of sp³-hybridized carbons (Fsp3) is 0.111. The fourth-order valence-corrected chi connectivity index (χ4v) is 3.10. The summed E-state index contributed by atoms with van der Waals surface area (Å²) < 4.78 is 23.3. The molecule has 4 aromatic heterocycles. The largest absolute Gasteiger partial charge is 0.451 e. The first-order chi connectivity index (χ1) is 14.3. The number of furan rings is 1. The maximum atomic E-state index is 12.7. The summed E-state index contributed by atoms with van der Waals surface area (Å²) in [5.74, 6) is -0.0590. The second-order valence-corrected chi connectivity index (χ2v) is 8.18. The number of hydrogen-bond donors (Lipinski definition) is 2.